The molecule has 3 saturated heterocycles. The molecule has 3 nitrogen and oxygen atoms in total. The van der Waals surface area contributed by atoms with Gasteiger partial charge in [0.1, 0.15) is 5.82 Å². The summed E-state index contributed by atoms with van der Waals surface area (Å²) in [5.74, 6) is 0.497. The van der Waals surface area contributed by atoms with Crippen molar-refractivity contribution in [2.24, 2.45) is 5.92 Å². The highest BCUT2D eigenvalue weighted by molar-refractivity contribution is 5.76. The number of benzene rings is 2. The molecule has 2 aromatic rings. The molecule has 0 aliphatic carbocycles. The van der Waals surface area contributed by atoms with Gasteiger partial charge >= 0.3 is 0 Å². The molecule has 5 rings (SSSR count). The minimum absolute atomic E-state index is 0.164. The van der Waals surface area contributed by atoms with Gasteiger partial charge in [0.25, 0.3) is 0 Å². The topological polar surface area (TPSA) is 23.6 Å². The maximum absolute atomic E-state index is 13.8. The van der Waals surface area contributed by atoms with E-state index in [-0.39, 0.29) is 11.7 Å². The number of nitrogens with zero attached hydrogens (tertiary/aromatic N) is 2. The van der Waals surface area contributed by atoms with Crippen LogP contribution in [0, 0.1) is 11.7 Å². The Morgan fingerprint density at radius 3 is 2.56 bits per heavy atom. The number of hydrogen-bond acceptors (Lipinski definition) is 2. The molecule has 27 heavy (non-hydrogen) atoms. The van der Waals surface area contributed by atoms with Gasteiger partial charge in [-0.2, -0.15) is 0 Å². The van der Waals surface area contributed by atoms with Gasteiger partial charge in [0.2, 0.25) is 5.91 Å². The fourth-order valence-corrected chi connectivity index (χ4v) is 4.50. The maximum atomic E-state index is 13.8. The summed E-state index contributed by atoms with van der Waals surface area (Å²) >= 11 is 0. The third-order valence-electron chi connectivity index (χ3n) is 5.97. The van der Waals surface area contributed by atoms with E-state index < -0.39 is 0 Å². The SMILES string of the molecule is O=C(CCc1ccccc1F)N1CC2CCC(C1)N(Cc1ccccc1)C2. The summed E-state index contributed by atoms with van der Waals surface area (Å²) in [6.07, 6.45) is 3.23. The highest BCUT2D eigenvalue weighted by Crippen LogP contribution is 2.29. The summed E-state index contributed by atoms with van der Waals surface area (Å²) in [5.41, 5.74) is 1.97. The van der Waals surface area contributed by atoms with Gasteiger partial charge in [0, 0.05) is 38.6 Å². The number of carbonyl (C=O) groups excluding carboxylic acids is 1. The minimum atomic E-state index is -0.213. The molecule has 2 bridgehead atoms. The van der Waals surface area contributed by atoms with Gasteiger partial charge in [-0.1, -0.05) is 48.5 Å². The van der Waals surface area contributed by atoms with Crippen LogP contribution in [-0.4, -0.2) is 41.4 Å². The molecule has 142 valence electrons. The summed E-state index contributed by atoms with van der Waals surface area (Å²) in [5, 5.41) is 0. The van der Waals surface area contributed by atoms with E-state index in [1.807, 2.05) is 17.0 Å². The number of carbonyl (C=O) groups is 1. The van der Waals surface area contributed by atoms with Crippen molar-refractivity contribution in [2.45, 2.75) is 38.3 Å². The van der Waals surface area contributed by atoms with Crippen molar-refractivity contribution in [3.63, 3.8) is 0 Å². The van der Waals surface area contributed by atoms with Crippen molar-refractivity contribution in [3.8, 4) is 0 Å². The molecule has 3 fully saturated rings. The Bertz CT molecular complexity index is 779. The van der Waals surface area contributed by atoms with Crippen LogP contribution in [0.15, 0.2) is 54.6 Å². The average molecular weight is 366 g/mol. The molecule has 1 amide bonds. The van der Waals surface area contributed by atoms with Crippen LogP contribution in [0.25, 0.3) is 0 Å². The smallest absolute Gasteiger partial charge is 0.222 e. The Labute approximate surface area is 160 Å². The summed E-state index contributed by atoms with van der Waals surface area (Å²) in [7, 11) is 0. The normalized spacial score (nSPS) is 22.6. The zero-order valence-electron chi connectivity index (χ0n) is 15.7. The second-order valence-corrected chi connectivity index (χ2v) is 7.90. The molecule has 0 saturated carbocycles. The van der Waals surface area contributed by atoms with Gasteiger partial charge in [-0.3, -0.25) is 9.69 Å². The second-order valence-electron chi connectivity index (χ2n) is 7.90. The molecule has 2 unspecified atom stereocenters. The van der Waals surface area contributed by atoms with Crippen LogP contribution in [0.2, 0.25) is 0 Å². The summed E-state index contributed by atoms with van der Waals surface area (Å²) in [6, 6.07) is 17.8. The van der Waals surface area contributed by atoms with Gasteiger partial charge in [0.05, 0.1) is 0 Å². The van der Waals surface area contributed by atoms with Crippen LogP contribution in [0.5, 0.6) is 0 Å². The molecule has 0 aromatic heterocycles. The van der Waals surface area contributed by atoms with E-state index in [0.717, 1.165) is 32.6 Å². The predicted molar refractivity (Wildman–Crippen MR) is 105 cm³/mol. The summed E-state index contributed by atoms with van der Waals surface area (Å²) < 4.78 is 13.8. The molecule has 0 spiro atoms. The van der Waals surface area contributed by atoms with E-state index in [1.54, 1.807) is 12.1 Å². The highest BCUT2D eigenvalue weighted by atomic mass is 19.1. The number of rotatable bonds is 5. The molecule has 2 aromatic carbocycles. The highest BCUT2D eigenvalue weighted by Gasteiger charge is 2.36. The molecular weight excluding hydrogens is 339 g/mol. The van der Waals surface area contributed by atoms with Gasteiger partial charge in [-0.05, 0) is 42.4 Å². The zero-order valence-corrected chi connectivity index (χ0v) is 15.7. The van der Waals surface area contributed by atoms with E-state index in [9.17, 15) is 9.18 Å². The Balaban J connectivity index is 1.38. The number of halogens is 1. The molecule has 3 heterocycles. The van der Waals surface area contributed by atoms with Crippen molar-refractivity contribution < 1.29 is 9.18 Å². The predicted octanol–water partition coefficient (Wildman–Crippen LogP) is 3.88. The molecule has 2 atom stereocenters. The first kappa shape index (κ1) is 18.2. The number of aryl methyl sites for hydroxylation is 1. The first-order chi connectivity index (χ1) is 13.2. The second kappa shape index (κ2) is 8.22. The summed E-state index contributed by atoms with van der Waals surface area (Å²) in [6.45, 7) is 3.67. The van der Waals surface area contributed by atoms with Crippen LogP contribution < -0.4 is 0 Å². The Kier molecular flexibility index (Phi) is 5.53. The van der Waals surface area contributed by atoms with Crippen LogP contribution in [0.3, 0.4) is 0 Å². The van der Waals surface area contributed by atoms with Crippen LogP contribution in [0.4, 0.5) is 4.39 Å². The van der Waals surface area contributed by atoms with E-state index in [0.29, 0.717) is 30.4 Å². The number of piperidine rings is 1. The third kappa shape index (κ3) is 4.38. The standard InChI is InChI=1S/C23H27FN2O/c24-22-9-5-4-8-20(22)11-13-23(27)26-16-19-10-12-21(17-26)25(15-19)14-18-6-2-1-3-7-18/h1-9,19,21H,10-17H2. The van der Waals surface area contributed by atoms with E-state index in [1.165, 1.54) is 18.1 Å². The lowest BCUT2D eigenvalue weighted by Gasteiger charge is -2.36. The van der Waals surface area contributed by atoms with Gasteiger partial charge < -0.3 is 4.90 Å². The third-order valence-corrected chi connectivity index (χ3v) is 5.97. The van der Waals surface area contributed by atoms with E-state index in [4.69, 9.17) is 0 Å². The summed E-state index contributed by atoms with van der Waals surface area (Å²) in [4.78, 5) is 17.4. The fraction of sp³-hybridized carbons (Fsp3) is 0.435. The maximum Gasteiger partial charge on any atom is 0.222 e. The van der Waals surface area contributed by atoms with Crippen molar-refractivity contribution in [3.05, 3.63) is 71.5 Å². The average Bonchev–Trinajstić information content (AvgIpc) is 3.00. The monoisotopic (exact) mass is 366 g/mol. The molecule has 3 aliphatic rings. The molecule has 0 radical (unpaired) electrons. The lowest BCUT2D eigenvalue weighted by molar-refractivity contribution is -0.131. The lowest BCUT2D eigenvalue weighted by Crippen LogP contribution is -2.43. The Hall–Kier alpha value is -2.20. The number of fused-ring (bicyclic) bond motifs is 4. The Morgan fingerprint density at radius 2 is 1.74 bits per heavy atom. The number of amides is 1. The quantitative estimate of drug-likeness (QED) is 0.802. The van der Waals surface area contributed by atoms with Gasteiger partial charge in [0.15, 0.2) is 0 Å². The van der Waals surface area contributed by atoms with Crippen molar-refractivity contribution >= 4 is 5.91 Å². The zero-order chi connectivity index (χ0) is 18.6. The largest absolute Gasteiger partial charge is 0.341 e. The van der Waals surface area contributed by atoms with Crippen LogP contribution >= 0.6 is 0 Å². The first-order valence-corrected chi connectivity index (χ1v) is 9.98. The first-order valence-electron chi connectivity index (χ1n) is 9.98. The van der Waals surface area contributed by atoms with Gasteiger partial charge in [-0.25, -0.2) is 4.39 Å². The van der Waals surface area contributed by atoms with Crippen LogP contribution in [0.1, 0.15) is 30.4 Å². The van der Waals surface area contributed by atoms with Crippen LogP contribution in [-0.2, 0) is 17.8 Å². The van der Waals surface area contributed by atoms with Crippen molar-refractivity contribution in [1.29, 1.82) is 0 Å². The molecule has 3 aliphatic heterocycles. The molecular formula is C23H27FN2O. The Morgan fingerprint density at radius 1 is 0.963 bits per heavy atom. The molecule has 4 heteroatoms. The number of hydrogen-bond donors (Lipinski definition) is 0. The lowest BCUT2D eigenvalue weighted by atomic mass is 9.94. The fourth-order valence-electron chi connectivity index (χ4n) is 4.50. The molecule has 0 N–H and O–H groups in total. The van der Waals surface area contributed by atoms with E-state index >= 15 is 0 Å². The van der Waals surface area contributed by atoms with Crippen molar-refractivity contribution in [1.82, 2.24) is 9.80 Å². The van der Waals surface area contributed by atoms with Crippen molar-refractivity contribution in [2.75, 3.05) is 19.6 Å². The minimum Gasteiger partial charge on any atom is -0.341 e. The van der Waals surface area contributed by atoms with E-state index in [2.05, 4.69) is 29.2 Å². The van der Waals surface area contributed by atoms with Gasteiger partial charge in [-0.15, -0.1) is 0 Å².